The van der Waals surface area contributed by atoms with Crippen LogP contribution in [0.2, 0.25) is 0 Å². The first kappa shape index (κ1) is 15.4. The van der Waals surface area contributed by atoms with Gasteiger partial charge in [-0.3, -0.25) is 10.1 Å². The fourth-order valence-electron chi connectivity index (χ4n) is 2.63. The van der Waals surface area contributed by atoms with Crippen LogP contribution in [0.5, 0.6) is 0 Å². The van der Waals surface area contributed by atoms with Gasteiger partial charge in [0, 0.05) is 22.6 Å². The van der Waals surface area contributed by atoms with E-state index in [9.17, 15) is 15.2 Å². The van der Waals surface area contributed by atoms with Crippen molar-refractivity contribution in [3.05, 3.63) is 38.3 Å². The van der Waals surface area contributed by atoms with Gasteiger partial charge in [-0.15, -0.1) is 0 Å². The number of nitrogens with one attached hydrogen (secondary N) is 1. The highest BCUT2D eigenvalue weighted by Crippen LogP contribution is 2.25. The topological polar surface area (TPSA) is 75.4 Å². The van der Waals surface area contributed by atoms with Gasteiger partial charge in [-0.25, -0.2) is 0 Å². The van der Waals surface area contributed by atoms with Gasteiger partial charge in [0.1, 0.15) is 0 Å². The normalized spacial score (nSPS) is 22.7. The standard InChI is InChI=1S/C14H19BrN2O3/c15-12-3-6-14(17(19)20)11(7-12)9-16-8-10-1-4-13(18)5-2-10/h3,6-7,10,13,16,18H,1-2,4-5,8-9H2. The first-order valence-corrected chi connectivity index (χ1v) is 7.67. The maximum atomic E-state index is 11.0. The van der Waals surface area contributed by atoms with E-state index in [1.165, 1.54) is 6.07 Å². The fourth-order valence-corrected chi connectivity index (χ4v) is 3.04. The van der Waals surface area contributed by atoms with Gasteiger partial charge in [-0.1, -0.05) is 15.9 Å². The summed E-state index contributed by atoms with van der Waals surface area (Å²) in [5.74, 6) is 0.560. The molecule has 110 valence electrons. The lowest BCUT2D eigenvalue weighted by atomic mass is 9.87. The molecule has 0 aliphatic heterocycles. The predicted octanol–water partition coefficient (Wildman–Crippen LogP) is 3.00. The summed E-state index contributed by atoms with van der Waals surface area (Å²) in [4.78, 5) is 10.6. The van der Waals surface area contributed by atoms with Gasteiger partial charge in [0.15, 0.2) is 0 Å². The molecule has 1 aliphatic carbocycles. The van der Waals surface area contributed by atoms with Crippen molar-refractivity contribution in [2.75, 3.05) is 6.54 Å². The number of hydrogen-bond donors (Lipinski definition) is 2. The van der Waals surface area contributed by atoms with E-state index < -0.39 is 0 Å². The van der Waals surface area contributed by atoms with Crippen molar-refractivity contribution in [1.29, 1.82) is 0 Å². The molecule has 20 heavy (non-hydrogen) atoms. The Morgan fingerprint density at radius 3 is 2.70 bits per heavy atom. The zero-order valence-electron chi connectivity index (χ0n) is 11.2. The van der Waals surface area contributed by atoms with Crippen LogP contribution in [0.3, 0.4) is 0 Å². The summed E-state index contributed by atoms with van der Waals surface area (Å²) in [5, 5.41) is 23.7. The van der Waals surface area contributed by atoms with E-state index >= 15 is 0 Å². The summed E-state index contributed by atoms with van der Waals surface area (Å²) < 4.78 is 0.848. The average molecular weight is 343 g/mol. The van der Waals surface area contributed by atoms with Crippen molar-refractivity contribution < 1.29 is 10.0 Å². The Kier molecular flexibility index (Phi) is 5.51. The van der Waals surface area contributed by atoms with E-state index in [-0.39, 0.29) is 16.7 Å². The molecule has 0 bridgehead atoms. The molecule has 6 heteroatoms. The van der Waals surface area contributed by atoms with Crippen molar-refractivity contribution in [3.63, 3.8) is 0 Å². The van der Waals surface area contributed by atoms with Gasteiger partial charge in [0.25, 0.3) is 5.69 Å². The van der Waals surface area contributed by atoms with Gasteiger partial charge >= 0.3 is 0 Å². The highest BCUT2D eigenvalue weighted by Gasteiger charge is 2.19. The summed E-state index contributed by atoms with van der Waals surface area (Å²) in [6.07, 6.45) is 3.63. The molecule has 1 saturated carbocycles. The molecule has 1 aromatic rings. The zero-order chi connectivity index (χ0) is 14.5. The minimum Gasteiger partial charge on any atom is -0.393 e. The molecule has 0 unspecified atom stereocenters. The minimum absolute atomic E-state index is 0.141. The SMILES string of the molecule is O=[N+]([O-])c1ccc(Br)cc1CNCC1CCC(O)CC1. The highest BCUT2D eigenvalue weighted by atomic mass is 79.9. The Bertz CT molecular complexity index is 473. The van der Waals surface area contributed by atoms with Crippen molar-refractivity contribution in [3.8, 4) is 0 Å². The Morgan fingerprint density at radius 1 is 1.35 bits per heavy atom. The summed E-state index contributed by atoms with van der Waals surface area (Å²) in [6.45, 7) is 1.34. The Hall–Kier alpha value is -0.980. The summed E-state index contributed by atoms with van der Waals surface area (Å²) in [7, 11) is 0. The first-order chi connectivity index (χ1) is 9.56. The Balaban J connectivity index is 1.87. The molecule has 2 rings (SSSR count). The van der Waals surface area contributed by atoms with Crippen LogP contribution in [-0.2, 0) is 6.54 Å². The van der Waals surface area contributed by atoms with Gasteiger partial charge in [0.05, 0.1) is 11.0 Å². The molecule has 0 amide bonds. The lowest BCUT2D eigenvalue weighted by molar-refractivity contribution is -0.385. The number of nitro groups is 1. The second kappa shape index (κ2) is 7.15. The highest BCUT2D eigenvalue weighted by molar-refractivity contribution is 9.10. The molecule has 2 N–H and O–H groups in total. The van der Waals surface area contributed by atoms with Crippen LogP contribution in [-0.4, -0.2) is 22.7 Å². The van der Waals surface area contributed by atoms with Gasteiger partial charge < -0.3 is 10.4 Å². The number of hydrogen-bond acceptors (Lipinski definition) is 4. The second-order valence-electron chi connectivity index (χ2n) is 5.34. The van der Waals surface area contributed by atoms with Crippen LogP contribution in [0.1, 0.15) is 31.2 Å². The number of nitro benzene ring substituents is 1. The molecular weight excluding hydrogens is 324 g/mol. The van der Waals surface area contributed by atoms with Crippen LogP contribution in [0.4, 0.5) is 5.69 Å². The summed E-state index contributed by atoms with van der Waals surface area (Å²) in [5.41, 5.74) is 0.847. The third-order valence-corrected chi connectivity index (χ3v) is 4.30. The molecular formula is C14H19BrN2O3. The maximum Gasteiger partial charge on any atom is 0.273 e. The third-order valence-electron chi connectivity index (χ3n) is 3.80. The monoisotopic (exact) mass is 342 g/mol. The number of aliphatic hydroxyl groups excluding tert-OH is 1. The largest absolute Gasteiger partial charge is 0.393 e. The average Bonchev–Trinajstić information content (AvgIpc) is 2.41. The molecule has 0 atom stereocenters. The number of aliphatic hydroxyl groups is 1. The molecule has 0 saturated heterocycles. The van der Waals surface area contributed by atoms with Crippen LogP contribution in [0, 0.1) is 16.0 Å². The molecule has 0 radical (unpaired) electrons. The smallest absolute Gasteiger partial charge is 0.273 e. The maximum absolute atomic E-state index is 11.0. The van der Waals surface area contributed by atoms with E-state index in [0.29, 0.717) is 18.0 Å². The van der Waals surface area contributed by atoms with Crippen molar-refractivity contribution in [1.82, 2.24) is 5.32 Å². The fraction of sp³-hybridized carbons (Fsp3) is 0.571. The van der Waals surface area contributed by atoms with Crippen LogP contribution in [0.25, 0.3) is 0 Å². The second-order valence-corrected chi connectivity index (χ2v) is 6.25. The molecule has 1 aliphatic rings. The minimum atomic E-state index is -0.347. The molecule has 1 aromatic carbocycles. The lowest BCUT2D eigenvalue weighted by Crippen LogP contribution is -2.27. The van der Waals surface area contributed by atoms with E-state index in [1.807, 2.05) is 0 Å². The van der Waals surface area contributed by atoms with Crippen LogP contribution >= 0.6 is 15.9 Å². The first-order valence-electron chi connectivity index (χ1n) is 6.88. The van der Waals surface area contributed by atoms with Crippen molar-refractivity contribution >= 4 is 21.6 Å². The Morgan fingerprint density at radius 2 is 2.05 bits per heavy atom. The van der Waals surface area contributed by atoms with Crippen molar-refractivity contribution in [2.24, 2.45) is 5.92 Å². The molecule has 0 aromatic heterocycles. The zero-order valence-corrected chi connectivity index (χ0v) is 12.8. The molecule has 5 nitrogen and oxygen atoms in total. The summed E-state index contributed by atoms with van der Waals surface area (Å²) in [6, 6.07) is 5.00. The van der Waals surface area contributed by atoms with Gasteiger partial charge in [-0.05, 0) is 50.3 Å². The quantitative estimate of drug-likeness (QED) is 0.637. The number of benzene rings is 1. The summed E-state index contributed by atoms with van der Waals surface area (Å²) >= 11 is 3.34. The molecule has 1 fully saturated rings. The van der Waals surface area contributed by atoms with E-state index in [4.69, 9.17) is 0 Å². The van der Waals surface area contributed by atoms with Crippen LogP contribution in [0.15, 0.2) is 22.7 Å². The lowest BCUT2D eigenvalue weighted by Gasteiger charge is -2.25. The number of nitrogens with zero attached hydrogens (tertiary/aromatic N) is 1. The molecule has 0 spiro atoms. The van der Waals surface area contributed by atoms with Gasteiger partial charge in [0.2, 0.25) is 0 Å². The third kappa shape index (κ3) is 4.26. The van der Waals surface area contributed by atoms with Gasteiger partial charge in [-0.2, -0.15) is 0 Å². The predicted molar refractivity (Wildman–Crippen MR) is 80.5 cm³/mol. The van der Waals surface area contributed by atoms with E-state index in [1.54, 1.807) is 12.1 Å². The van der Waals surface area contributed by atoms with Crippen molar-refractivity contribution in [2.45, 2.75) is 38.3 Å². The number of rotatable bonds is 5. The molecule has 0 heterocycles. The van der Waals surface area contributed by atoms with E-state index in [2.05, 4.69) is 21.2 Å². The number of halogens is 1. The van der Waals surface area contributed by atoms with E-state index in [0.717, 1.165) is 36.7 Å². The Labute approximate surface area is 126 Å². The van der Waals surface area contributed by atoms with Crippen LogP contribution < -0.4 is 5.32 Å².